The quantitative estimate of drug-likeness (QED) is 0.554. The number of carbonyl (C=O) groups is 4. The van der Waals surface area contributed by atoms with Crippen LogP contribution in [0.2, 0.25) is 0 Å². The summed E-state index contributed by atoms with van der Waals surface area (Å²) in [5.74, 6) is -1.00. The van der Waals surface area contributed by atoms with E-state index in [0.29, 0.717) is 16.1 Å². The first-order chi connectivity index (χ1) is 16.5. The SMILES string of the molecule is CCOC(=O)NC(=O)c1ccsc1NC(=O)c1ccc2cc(C(=O)N3CCCCC3)ccc2c1. The first-order valence-corrected chi connectivity index (χ1v) is 12.0. The summed E-state index contributed by atoms with van der Waals surface area (Å²) in [6.45, 7) is 3.36. The standard InChI is InChI=1S/C25H25N3O5S/c1-2-33-25(32)27-22(30)20-10-13-34-23(20)26-21(29)18-8-6-17-15-19(9-7-16(17)14-18)24(31)28-11-4-3-5-12-28/h6-10,13-15H,2-5,11-12H2,1H3,(H,26,29)(H,27,30,32). The van der Waals surface area contributed by atoms with Gasteiger partial charge >= 0.3 is 6.09 Å². The molecule has 0 atom stereocenters. The van der Waals surface area contributed by atoms with Crippen molar-refractivity contribution in [3.63, 3.8) is 0 Å². The number of piperidine rings is 1. The number of benzene rings is 2. The van der Waals surface area contributed by atoms with Gasteiger partial charge in [0, 0.05) is 24.2 Å². The molecule has 1 fully saturated rings. The molecular formula is C25H25N3O5S. The maximum Gasteiger partial charge on any atom is 0.414 e. The highest BCUT2D eigenvalue weighted by Gasteiger charge is 2.20. The van der Waals surface area contributed by atoms with Crippen molar-refractivity contribution in [2.75, 3.05) is 25.0 Å². The van der Waals surface area contributed by atoms with Gasteiger partial charge in [-0.1, -0.05) is 12.1 Å². The van der Waals surface area contributed by atoms with Crippen LogP contribution in [0.15, 0.2) is 47.8 Å². The zero-order valence-corrected chi connectivity index (χ0v) is 19.6. The molecule has 2 heterocycles. The molecule has 4 amide bonds. The fraction of sp³-hybridized carbons (Fsp3) is 0.280. The lowest BCUT2D eigenvalue weighted by Gasteiger charge is -2.26. The number of imide groups is 1. The number of rotatable bonds is 5. The number of anilines is 1. The van der Waals surface area contributed by atoms with Crippen molar-refractivity contribution in [1.82, 2.24) is 10.2 Å². The topological polar surface area (TPSA) is 105 Å². The molecule has 0 unspecified atom stereocenters. The Kier molecular flexibility index (Phi) is 7.22. The molecule has 1 aliphatic heterocycles. The molecule has 0 aliphatic carbocycles. The highest BCUT2D eigenvalue weighted by atomic mass is 32.1. The van der Waals surface area contributed by atoms with E-state index in [1.165, 1.54) is 17.4 Å². The van der Waals surface area contributed by atoms with Crippen LogP contribution in [-0.4, -0.2) is 48.4 Å². The van der Waals surface area contributed by atoms with Crippen molar-refractivity contribution in [2.24, 2.45) is 0 Å². The summed E-state index contributed by atoms with van der Waals surface area (Å²) in [7, 11) is 0. The summed E-state index contributed by atoms with van der Waals surface area (Å²) in [5, 5.41) is 8.53. The number of hydrogen-bond acceptors (Lipinski definition) is 6. The third-order valence-electron chi connectivity index (χ3n) is 5.62. The van der Waals surface area contributed by atoms with E-state index in [1.807, 2.05) is 17.0 Å². The van der Waals surface area contributed by atoms with E-state index in [0.717, 1.165) is 43.1 Å². The van der Waals surface area contributed by atoms with E-state index in [9.17, 15) is 19.2 Å². The molecule has 9 heteroatoms. The van der Waals surface area contributed by atoms with Gasteiger partial charge in [0.05, 0.1) is 12.2 Å². The molecule has 0 spiro atoms. The molecule has 34 heavy (non-hydrogen) atoms. The van der Waals surface area contributed by atoms with Crippen molar-refractivity contribution < 1.29 is 23.9 Å². The van der Waals surface area contributed by atoms with Gasteiger partial charge in [0.1, 0.15) is 5.00 Å². The van der Waals surface area contributed by atoms with Gasteiger partial charge in [-0.15, -0.1) is 11.3 Å². The highest BCUT2D eigenvalue weighted by Crippen LogP contribution is 2.25. The molecule has 4 rings (SSSR count). The van der Waals surface area contributed by atoms with Crippen LogP contribution in [-0.2, 0) is 4.74 Å². The fourth-order valence-corrected chi connectivity index (χ4v) is 4.67. The molecule has 0 bridgehead atoms. The number of likely N-dealkylation sites (tertiary alicyclic amines) is 1. The molecule has 1 aromatic heterocycles. The van der Waals surface area contributed by atoms with Gasteiger partial charge in [-0.2, -0.15) is 0 Å². The zero-order chi connectivity index (χ0) is 24.1. The predicted molar refractivity (Wildman–Crippen MR) is 130 cm³/mol. The number of alkyl carbamates (subject to hydrolysis) is 1. The first-order valence-electron chi connectivity index (χ1n) is 11.2. The summed E-state index contributed by atoms with van der Waals surface area (Å²) in [6.07, 6.45) is 2.39. The van der Waals surface area contributed by atoms with Crippen molar-refractivity contribution in [1.29, 1.82) is 0 Å². The second-order valence-electron chi connectivity index (χ2n) is 7.92. The van der Waals surface area contributed by atoms with E-state index in [1.54, 1.807) is 36.6 Å². The minimum absolute atomic E-state index is 0.0368. The van der Waals surface area contributed by atoms with Crippen LogP contribution in [0.5, 0.6) is 0 Å². The number of nitrogens with zero attached hydrogens (tertiary/aromatic N) is 1. The summed E-state index contributed by atoms with van der Waals surface area (Å²) in [6, 6.07) is 12.2. The van der Waals surface area contributed by atoms with Gasteiger partial charge in [0.25, 0.3) is 17.7 Å². The van der Waals surface area contributed by atoms with Crippen molar-refractivity contribution in [3.05, 3.63) is 64.5 Å². The first kappa shape index (κ1) is 23.4. The van der Waals surface area contributed by atoms with Gasteiger partial charge in [0.15, 0.2) is 0 Å². The van der Waals surface area contributed by atoms with E-state index in [-0.39, 0.29) is 24.0 Å². The minimum atomic E-state index is -0.844. The van der Waals surface area contributed by atoms with Crippen LogP contribution in [0.25, 0.3) is 10.8 Å². The Morgan fingerprint density at radius 2 is 1.59 bits per heavy atom. The van der Waals surface area contributed by atoms with Crippen molar-refractivity contribution in [3.8, 4) is 0 Å². The number of fused-ring (bicyclic) bond motifs is 1. The van der Waals surface area contributed by atoms with Crippen LogP contribution in [0.1, 0.15) is 57.3 Å². The molecular weight excluding hydrogens is 454 g/mol. The molecule has 1 aliphatic rings. The fourth-order valence-electron chi connectivity index (χ4n) is 3.89. The van der Waals surface area contributed by atoms with Crippen LogP contribution in [0.4, 0.5) is 9.80 Å². The van der Waals surface area contributed by atoms with Gasteiger partial charge in [-0.05, 0) is 72.7 Å². The Morgan fingerprint density at radius 3 is 2.29 bits per heavy atom. The van der Waals surface area contributed by atoms with Crippen LogP contribution in [0.3, 0.4) is 0 Å². The maximum atomic E-state index is 12.8. The number of amides is 4. The predicted octanol–water partition coefficient (Wildman–Crippen LogP) is 4.67. The molecule has 0 radical (unpaired) electrons. The van der Waals surface area contributed by atoms with Crippen LogP contribution in [0, 0.1) is 0 Å². The summed E-state index contributed by atoms with van der Waals surface area (Å²) in [4.78, 5) is 51.4. The third kappa shape index (κ3) is 5.26. The van der Waals surface area contributed by atoms with E-state index in [4.69, 9.17) is 4.74 Å². The summed E-state index contributed by atoms with van der Waals surface area (Å²) >= 11 is 1.18. The summed E-state index contributed by atoms with van der Waals surface area (Å²) < 4.78 is 4.72. The smallest absolute Gasteiger partial charge is 0.414 e. The second-order valence-corrected chi connectivity index (χ2v) is 8.84. The molecule has 2 N–H and O–H groups in total. The Labute approximate surface area is 200 Å². The van der Waals surface area contributed by atoms with Crippen LogP contribution >= 0.6 is 11.3 Å². The second kappa shape index (κ2) is 10.5. The molecule has 1 saturated heterocycles. The van der Waals surface area contributed by atoms with Gasteiger partial charge < -0.3 is 15.0 Å². The van der Waals surface area contributed by atoms with E-state index >= 15 is 0 Å². The number of carbonyl (C=O) groups excluding carboxylic acids is 4. The van der Waals surface area contributed by atoms with Crippen LogP contribution < -0.4 is 10.6 Å². The van der Waals surface area contributed by atoms with E-state index in [2.05, 4.69) is 10.6 Å². The van der Waals surface area contributed by atoms with Crippen molar-refractivity contribution in [2.45, 2.75) is 26.2 Å². The lowest BCUT2D eigenvalue weighted by molar-refractivity contribution is 0.0724. The van der Waals surface area contributed by atoms with Crippen molar-refractivity contribution >= 4 is 50.9 Å². The Bertz CT molecular complexity index is 1250. The Hall–Kier alpha value is -3.72. The highest BCUT2D eigenvalue weighted by molar-refractivity contribution is 7.14. The lowest BCUT2D eigenvalue weighted by Crippen LogP contribution is -2.35. The largest absolute Gasteiger partial charge is 0.450 e. The van der Waals surface area contributed by atoms with E-state index < -0.39 is 12.0 Å². The molecule has 176 valence electrons. The molecule has 8 nitrogen and oxygen atoms in total. The summed E-state index contributed by atoms with van der Waals surface area (Å²) in [5.41, 5.74) is 1.23. The number of nitrogens with one attached hydrogen (secondary N) is 2. The zero-order valence-electron chi connectivity index (χ0n) is 18.8. The molecule has 0 saturated carbocycles. The minimum Gasteiger partial charge on any atom is -0.450 e. The number of ether oxygens (including phenoxy) is 1. The average molecular weight is 480 g/mol. The maximum absolute atomic E-state index is 12.8. The van der Waals surface area contributed by atoms with Gasteiger partial charge in [0.2, 0.25) is 0 Å². The molecule has 3 aromatic rings. The van der Waals surface area contributed by atoms with Gasteiger partial charge in [-0.3, -0.25) is 19.7 Å². The number of hydrogen-bond donors (Lipinski definition) is 2. The lowest BCUT2D eigenvalue weighted by atomic mass is 10.0. The monoisotopic (exact) mass is 479 g/mol. The van der Waals surface area contributed by atoms with Gasteiger partial charge in [-0.25, -0.2) is 4.79 Å². The third-order valence-corrected chi connectivity index (χ3v) is 6.45. The Balaban J connectivity index is 1.47. The molecule has 2 aromatic carbocycles. The number of thiophene rings is 1. The normalized spacial score (nSPS) is 13.4. The Morgan fingerprint density at radius 1 is 0.912 bits per heavy atom. The average Bonchev–Trinajstić information content (AvgIpc) is 3.31.